The van der Waals surface area contributed by atoms with Gasteiger partial charge in [0, 0.05) is 18.8 Å². The summed E-state index contributed by atoms with van der Waals surface area (Å²) in [5.41, 5.74) is 8.66. The molecule has 3 rings (SSSR count). The van der Waals surface area contributed by atoms with Gasteiger partial charge in [-0.1, -0.05) is 32.3 Å². The molecule has 110 valence electrons. The van der Waals surface area contributed by atoms with Crippen molar-refractivity contribution < 1.29 is 4.39 Å². The Labute approximate surface area is 121 Å². The van der Waals surface area contributed by atoms with Crippen LogP contribution >= 0.6 is 0 Å². The van der Waals surface area contributed by atoms with E-state index in [-0.39, 0.29) is 11.4 Å². The summed E-state index contributed by atoms with van der Waals surface area (Å²) < 4.78 is 13.7. The molecule has 2 atom stereocenters. The Hall–Kier alpha value is -1.09. The third-order valence-corrected chi connectivity index (χ3v) is 5.50. The normalized spacial score (nSPS) is 29.6. The maximum absolute atomic E-state index is 13.7. The van der Waals surface area contributed by atoms with Gasteiger partial charge in [0.1, 0.15) is 5.82 Å². The Morgan fingerprint density at radius 2 is 2.25 bits per heavy atom. The molecule has 20 heavy (non-hydrogen) atoms. The van der Waals surface area contributed by atoms with E-state index in [9.17, 15) is 4.39 Å². The first-order valence-electron chi connectivity index (χ1n) is 7.97. The second-order valence-electron chi connectivity index (χ2n) is 6.33. The molecule has 1 aliphatic carbocycles. The third kappa shape index (κ3) is 2.03. The van der Waals surface area contributed by atoms with Crippen LogP contribution in [0.3, 0.4) is 0 Å². The van der Waals surface area contributed by atoms with Crippen LogP contribution in [0, 0.1) is 11.7 Å². The molecule has 2 N–H and O–H groups in total. The van der Waals surface area contributed by atoms with E-state index in [1.807, 2.05) is 6.07 Å². The first-order valence-corrected chi connectivity index (χ1v) is 7.97. The zero-order valence-corrected chi connectivity index (χ0v) is 12.4. The fourth-order valence-electron chi connectivity index (χ4n) is 4.43. The Bertz CT molecular complexity index is 488. The number of fused-ring (bicyclic) bond motifs is 1. The maximum atomic E-state index is 13.7. The van der Waals surface area contributed by atoms with Crippen molar-refractivity contribution in [3.63, 3.8) is 0 Å². The molecule has 1 aromatic rings. The average molecular weight is 276 g/mol. The molecule has 0 spiro atoms. The van der Waals surface area contributed by atoms with Gasteiger partial charge in [-0.05, 0) is 42.9 Å². The number of benzene rings is 1. The topological polar surface area (TPSA) is 29.3 Å². The van der Waals surface area contributed by atoms with E-state index in [0.717, 1.165) is 25.1 Å². The Balaban J connectivity index is 2.01. The molecule has 1 fully saturated rings. The number of nitrogens with two attached hydrogens (primary N) is 1. The predicted octanol–water partition coefficient (Wildman–Crippen LogP) is 3.49. The Morgan fingerprint density at radius 3 is 3.00 bits per heavy atom. The first kappa shape index (κ1) is 13.9. The summed E-state index contributed by atoms with van der Waals surface area (Å²) in [4.78, 5) is 2.44. The summed E-state index contributed by atoms with van der Waals surface area (Å²) in [5, 5.41) is 0. The van der Waals surface area contributed by atoms with Gasteiger partial charge < -0.3 is 10.6 Å². The Kier molecular flexibility index (Phi) is 3.72. The fourth-order valence-corrected chi connectivity index (χ4v) is 4.43. The number of rotatable bonds is 3. The van der Waals surface area contributed by atoms with Gasteiger partial charge in [0.05, 0.1) is 5.54 Å². The first-order chi connectivity index (χ1) is 9.71. The van der Waals surface area contributed by atoms with Gasteiger partial charge in [0.15, 0.2) is 0 Å². The second-order valence-corrected chi connectivity index (χ2v) is 6.33. The zero-order valence-electron chi connectivity index (χ0n) is 12.4. The van der Waals surface area contributed by atoms with Gasteiger partial charge in [0.2, 0.25) is 0 Å². The summed E-state index contributed by atoms with van der Waals surface area (Å²) in [5.74, 6) is 0.502. The molecule has 2 aliphatic rings. The summed E-state index contributed by atoms with van der Waals surface area (Å²) >= 11 is 0. The van der Waals surface area contributed by atoms with Crippen molar-refractivity contribution >= 4 is 5.69 Å². The minimum Gasteiger partial charge on any atom is -0.364 e. The van der Waals surface area contributed by atoms with Crippen molar-refractivity contribution in [1.82, 2.24) is 0 Å². The summed E-state index contributed by atoms with van der Waals surface area (Å²) in [6, 6.07) is 5.23. The molecular weight excluding hydrogens is 251 g/mol. The van der Waals surface area contributed by atoms with Gasteiger partial charge >= 0.3 is 0 Å². The lowest BCUT2D eigenvalue weighted by Gasteiger charge is -2.51. The fraction of sp³-hybridized carbons (Fsp3) is 0.647. The quantitative estimate of drug-likeness (QED) is 0.915. The SMILES string of the molecule is CCC1CCCCC1(CN)N1CCc2ccc(F)cc21. The van der Waals surface area contributed by atoms with Crippen molar-refractivity contribution in [1.29, 1.82) is 0 Å². The van der Waals surface area contributed by atoms with Crippen molar-refractivity contribution in [3.8, 4) is 0 Å². The average Bonchev–Trinajstić information content (AvgIpc) is 2.90. The highest BCUT2D eigenvalue weighted by Gasteiger charge is 2.45. The monoisotopic (exact) mass is 276 g/mol. The van der Waals surface area contributed by atoms with E-state index in [0.29, 0.717) is 12.5 Å². The van der Waals surface area contributed by atoms with Crippen LogP contribution in [0.2, 0.25) is 0 Å². The van der Waals surface area contributed by atoms with E-state index >= 15 is 0 Å². The largest absolute Gasteiger partial charge is 0.364 e. The number of anilines is 1. The molecule has 0 amide bonds. The van der Waals surface area contributed by atoms with Crippen molar-refractivity contribution in [2.45, 2.75) is 51.0 Å². The van der Waals surface area contributed by atoms with Crippen molar-refractivity contribution in [2.75, 3.05) is 18.0 Å². The molecule has 1 aliphatic heterocycles. The summed E-state index contributed by atoms with van der Waals surface area (Å²) in [6.45, 7) is 3.94. The van der Waals surface area contributed by atoms with Crippen LogP contribution in [0.15, 0.2) is 18.2 Å². The van der Waals surface area contributed by atoms with Gasteiger partial charge in [-0.2, -0.15) is 0 Å². The number of hydrogen-bond donors (Lipinski definition) is 1. The summed E-state index contributed by atoms with van der Waals surface area (Å²) in [6.07, 6.45) is 7.15. The van der Waals surface area contributed by atoms with E-state index < -0.39 is 0 Å². The van der Waals surface area contributed by atoms with E-state index in [2.05, 4.69) is 11.8 Å². The predicted molar refractivity (Wildman–Crippen MR) is 81.5 cm³/mol. The minimum atomic E-state index is -0.133. The highest BCUT2D eigenvalue weighted by molar-refractivity contribution is 5.60. The molecular formula is C17H25FN2. The van der Waals surface area contributed by atoms with Gasteiger partial charge in [0.25, 0.3) is 0 Å². The molecule has 3 heteroatoms. The molecule has 0 saturated heterocycles. The number of halogens is 1. The minimum absolute atomic E-state index is 0.0477. The molecule has 0 aromatic heterocycles. The lowest BCUT2D eigenvalue weighted by Crippen LogP contribution is -2.59. The van der Waals surface area contributed by atoms with Crippen molar-refractivity contribution in [3.05, 3.63) is 29.6 Å². The molecule has 0 bridgehead atoms. The highest BCUT2D eigenvalue weighted by Crippen LogP contribution is 2.45. The van der Waals surface area contributed by atoms with E-state index in [1.165, 1.54) is 31.2 Å². The molecule has 2 unspecified atom stereocenters. The van der Waals surface area contributed by atoms with Gasteiger partial charge in [-0.25, -0.2) is 4.39 Å². The molecule has 2 nitrogen and oxygen atoms in total. The van der Waals surface area contributed by atoms with Crippen LogP contribution in [-0.2, 0) is 6.42 Å². The van der Waals surface area contributed by atoms with Gasteiger partial charge in [-0.3, -0.25) is 0 Å². The van der Waals surface area contributed by atoms with Crippen LogP contribution in [0.1, 0.15) is 44.6 Å². The molecule has 1 saturated carbocycles. The molecule has 1 aromatic carbocycles. The van der Waals surface area contributed by atoms with E-state index in [4.69, 9.17) is 5.73 Å². The number of hydrogen-bond acceptors (Lipinski definition) is 2. The van der Waals surface area contributed by atoms with E-state index in [1.54, 1.807) is 12.1 Å². The van der Waals surface area contributed by atoms with Crippen LogP contribution in [0.5, 0.6) is 0 Å². The Morgan fingerprint density at radius 1 is 1.40 bits per heavy atom. The lowest BCUT2D eigenvalue weighted by atomic mass is 9.70. The van der Waals surface area contributed by atoms with Crippen molar-refractivity contribution in [2.24, 2.45) is 11.7 Å². The number of nitrogens with zero attached hydrogens (tertiary/aromatic N) is 1. The smallest absolute Gasteiger partial charge is 0.125 e. The standard InChI is InChI=1S/C17H25FN2/c1-2-14-5-3-4-9-17(14,12-19)20-10-8-13-6-7-15(18)11-16(13)20/h6-7,11,14H,2-5,8-10,12,19H2,1H3. The second kappa shape index (κ2) is 5.36. The van der Waals surface area contributed by atoms with Crippen LogP contribution in [-0.4, -0.2) is 18.6 Å². The summed E-state index contributed by atoms with van der Waals surface area (Å²) in [7, 11) is 0. The van der Waals surface area contributed by atoms with Gasteiger partial charge in [-0.15, -0.1) is 0 Å². The molecule has 1 heterocycles. The zero-order chi connectivity index (χ0) is 14.2. The van der Waals surface area contributed by atoms with Crippen LogP contribution < -0.4 is 10.6 Å². The molecule has 0 radical (unpaired) electrons. The third-order valence-electron chi connectivity index (χ3n) is 5.50. The maximum Gasteiger partial charge on any atom is 0.125 e. The lowest BCUT2D eigenvalue weighted by molar-refractivity contribution is 0.178. The van der Waals surface area contributed by atoms with Crippen LogP contribution in [0.4, 0.5) is 10.1 Å². The van der Waals surface area contributed by atoms with Crippen LogP contribution in [0.25, 0.3) is 0 Å². The highest BCUT2D eigenvalue weighted by atomic mass is 19.1.